The summed E-state index contributed by atoms with van der Waals surface area (Å²) >= 11 is 0. The van der Waals surface area contributed by atoms with Gasteiger partial charge in [-0.1, -0.05) is 12.1 Å². The van der Waals surface area contributed by atoms with E-state index in [4.69, 9.17) is 0 Å². The smallest absolute Gasteiger partial charge is 0.286 e. The molecule has 2 aromatic carbocycles. The van der Waals surface area contributed by atoms with Crippen molar-refractivity contribution < 1.29 is 14.4 Å². The number of fused-ring (bicyclic) bond motifs is 2. The van der Waals surface area contributed by atoms with Crippen molar-refractivity contribution in [1.29, 1.82) is 0 Å². The molecule has 3 aromatic rings. The number of aromatic nitrogens is 2. The van der Waals surface area contributed by atoms with Gasteiger partial charge in [-0.15, -0.1) is 0 Å². The number of hydrogen-bond acceptors (Lipinski definition) is 5. The van der Waals surface area contributed by atoms with Gasteiger partial charge in [-0.25, -0.2) is 14.9 Å². The summed E-state index contributed by atoms with van der Waals surface area (Å²) in [7, 11) is 0. The van der Waals surface area contributed by atoms with Gasteiger partial charge in [-0.3, -0.25) is 14.4 Å². The standard InChI is InChI=1S/C21H16N4O3/c26-19(24-11-3-4-12-24)13-7-9-14(10-8-13)25-20(27)17-18(21(25)28)23-16-6-2-1-5-15(16)22-17/h1-2,5-10H,3-4,11-12H2. The van der Waals surface area contributed by atoms with E-state index in [1.54, 1.807) is 48.5 Å². The third kappa shape index (κ3) is 2.47. The van der Waals surface area contributed by atoms with Gasteiger partial charge in [0.1, 0.15) is 0 Å². The van der Waals surface area contributed by atoms with Crippen molar-refractivity contribution in [2.75, 3.05) is 18.0 Å². The first-order chi connectivity index (χ1) is 13.6. The van der Waals surface area contributed by atoms with Gasteiger partial charge < -0.3 is 4.90 Å². The van der Waals surface area contributed by atoms with Crippen molar-refractivity contribution in [3.05, 3.63) is 65.5 Å². The molecule has 7 nitrogen and oxygen atoms in total. The molecule has 1 fully saturated rings. The van der Waals surface area contributed by atoms with Crippen LogP contribution in [0.5, 0.6) is 0 Å². The van der Waals surface area contributed by atoms with E-state index in [9.17, 15) is 14.4 Å². The fraction of sp³-hybridized carbons (Fsp3) is 0.190. The van der Waals surface area contributed by atoms with E-state index >= 15 is 0 Å². The van der Waals surface area contributed by atoms with Gasteiger partial charge >= 0.3 is 0 Å². The molecule has 2 aliphatic heterocycles. The molecule has 0 atom stereocenters. The van der Waals surface area contributed by atoms with Crippen LogP contribution in [0, 0.1) is 0 Å². The van der Waals surface area contributed by atoms with Crippen LogP contribution in [-0.2, 0) is 0 Å². The number of anilines is 1. The monoisotopic (exact) mass is 372 g/mol. The quantitative estimate of drug-likeness (QED) is 0.646. The maximum absolute atomic E-state index is 12.8. The minimum atomic E-state index is -0.503. The van der Waals surface area contributed by atoms with Gasteiger partial charge in [0.2, 0.25) is 0 Å². The summed E-state index contributed by atoms with van der Waals surface area (Å²) in [5.41, 5.74) is 2.19. The maximum atomic E-state index is 12.8. The molecule has 138 valence electrons. The third-order valence-electron chi connectivity index (χ3n) is 5.15. The second kappa shape index (κ2) is 6.23. The number of amides is 3. The summed E-state index contributed by atoms with van der Waals surface area (Å²) in [6, 6.07) is 13.6. The summed E-state index contributed by atoms with van der Waals surface area (Å²) in [6.45, 7) is 1.54. The summed E-state index contributed by atoms with van der Waals surface area (Å²) < 4.78 is 0. The van der Waals surface area contributed by atoms with Crippen LogP contribution in [0.25, 0.3) is 11.0 Å². The van der Waals surface area contributed by atoms with E-state index < -0.39 is 11.8 Å². The number of carbonyl (C=O) groups excluding carboxylic acids is 3. The van der Waals surface area contributed by atoms with Crippen LogP contribution in [0.4, 0.5) is 5.69 Å². The lowest BCUT2D eigenvalue weighted by Gasteiger charge is -2.17. The number of para-hydroxylation sites is 2. The Morgan fingerprint density at radius 3 is 1.86 bits per heavy atom. The Labute approximate surface area is 160 Å². The number of rotatable bonds is 2. The second-order valence-electron chi connectivity index (χ2n) is 6.90. The molecule has 0 saturated carbocycles. The average Bonchev–Trinajstić information content (AvgIpc) is 3.34. The molecular formula is C21H16N4O3. The predicted octanol–water partition coefficient (Wildman–Crippen LogP) is 2.67. The lowest BCUT2D eigenvalue weighted by Crippen LogP contribution is -2.30. The fourth-order valence-electron chi connectivity index (χ4n) is 3.69. The summed E-state index contributed by atoms with van der Waals surface area (Å²) in [5.74, 6) is -1.03. The van der Waals surface area contributed by atoms with Crippen LogP contribution in [0.1, 0.15) is 44.2 Å². The Kier molecular flexibility index (Phi) is 3.68. The van der Waals surface area contributed by atoms with E-state index in [-0.39, 0.29) is 17.3 Å². The van der Waals surface area contributed by atoms with Crippen LogP contribution in [0.2, 0.25) is 0 Å². The third-order valence-corrected chi connectivity index (χ3v) is 5.15. The summed E-state index contributed by atoms with van der Waals surface area (Å²) in [6.07, 6.45) is 2.04. The van der Waals surface area contributed by atoms with Crippen molar-refractivity contribution >= 4 is 34.4 Å². The molecule has 3 heterocycles. The second-order valence-corrected chi connectivity index (χ2v) is 6.90. The van der Waals surface area contributed by atoms with Crippen LogP contribution in [0.15, 0.2) is 48.5 Å². The Balaban J connectivity index is 1.47. The van der Waals surface area contributed by atoms with E-state index in [0.717, 1.165) is 30.8 Å². The first-order valence-electron chi connectivity index (χ1n) is 9.18. The number of imide groups is 1. The SMILES string of the molecule is O=C(c1ccc(N2C(=O)c3nc4ccccc4nc3C2=O)cc1)N1CCCC1. The minimum absolute atomic E-state index is 0.0269. The van der Waals surface area contributed by atoms with Crippen LogP contribution in [0.3, 0.4) is 0 Å². The molecule has 0 unspecified atom stereocenters. The molecule has 2 aliphatic rings. The summed E-state index contributed by atoms with van der Waals surface area (Å²) in [5, 5.41) is 0. The van der Waals surface area contributed by atoms with E-state index in [1.807, 2.05) is 4.90 Å². The Morgan fingerprint density at radius 1 is 0.786 bits per heavy atom. The van der Waals surface area contributed by atoms with E-state index in [1.165, 1.54) is 0 Å². The minimum Gasteiger partial charge on any atom is -0.339 e. The van der Waals surface area contributed by atoms with Crippen molar-refractivity contribution in [2.24, 2.45) is 0 Å². The molecule has 0 radical (unpaired) electrons. The largest absolute Gasteiger partial charge is 0.339 e. The van der Waals surface area contributed by atoms with Gasteiger partial charge in [-0.2, -0.15) is 0 Å². The normalized spacial score (nSPS) is 16.1. The lowest BCUT2D eigenvalue weighted by molar-refractivity contribution is 0.0792. The highest BCUT2D eigenvalue weighted by Crippen LogP contribution is 2.28. The van der Waals surface area contributed by atoms with Gasteiger partial charge in [0.05, 0.1) is 16.7 Å². The summed E-state index contributed by atoms with van der Waals surface area (Å²) in [4.78, 5) is 49.6. The Hall–Kier alpha value is -3.61. The molecular weight excluding hydrogens is 356 g/mol. The first-order valence-corrected chi connectivity index (χ1v) is 9.18. The topological polar surface area (TPSA) is 83.5 Å². The molecule has 0 spiro atoms. The lowest BCUT2D eigenvalue weighted by atomic mass is 10.1. The zero-order chi connectivity index (χ0) is 19.3. The molecule has 28 heavy (non-hydrogen) atoms. The molecule has 7 heteroatoms. The Morgan fingerprint density at radius 2 is 1.32 bits per heavy atom. The number of hydrogen-bond donors (Lipinski definition) is 0. The van der Waals surface area contributed by atoms with Gasteiger partial charge in [0, 0.05) is 18.7 Å². The molecule has 1 saturated heterocycles. The van der Waals surface area contributed by atoms with Crippen LogP contribution >= 0.6 is 0 Å². The average molecular weight is 372 g/mol. The zero-order valence-corrected chi connectivity index (χ0v) is 15.0. The van der Waals surface area contributed by atoms with Crippen molar-refractivity contribution in [2.45, 2.75) is 12.8 Å². The zero-order valence-electron chi connectivity index (χ0n) is 15.0. The highest BCUT2D eigenvalue weighted by molar-refractivity contribution is 6.33. The maximum Gasteiger partial charge on any atom is 0.286 e. The number of nitrogens with zero attached hydrogens (tertiary/aromatic N) is 4. The number of likely N-dealkylation sites (tertiary alicyclic amines) is 1. The van der Waals surface area contributed by atoms with E-state index in [0.29, 0.717) is 22.3 Å². The van der Waals surface area contributed by atoms with E-state index in [2.05, 4.69) is 9.97 Å². The molecule has 1 aromatic heterocycles. The van der Waals surface area contributed by atoms with Gasteiger partial charge in [0.15, 0.2) is 11.4 Å². The highest BCUT2D eigenvalue weighted by Gasteiger charge is 2.40. The van der Waals surface area contributed by atoms with Crippen molar-refractivity contribution in [3.8, 4) is 0 Å². The number of carbonyl (C=O) groups is 3. The van der Waals surface area contributed by atoms with Crippen molar-refractivity contribution in [3.63, 3.8) is 0 Å². The van der Waals surface area contributed by atoms with Gasteiger partial charge in [-0.05, 0) is 49.2 Å². The number of benzene rings is 2. The Bertz CT molecular complexity index is 1080. The highest BCUT2D eigenvalue weighted by atomic mass is 16.2. The molecule has 0 aliphatic carbocycles. The molecule has 5 rings (SSSR count). The van der Waals surface area contributed by atoms with Gasteiger partial charge in [0.25, 0.3) is 17.7 Å². The molecule has 0 bridgehead atoms. The molecule has 0 N–H and O–H groups in total. The van der Waals surface area contributed by atoms with Crippen molar-refractivity contribution in [1.82, 2.24) is 14.9 Å². The van der Waals surface area contributed by atoms with Crippen LogP contribution in [-0.4, -0.2) is 45.7 Å². The van der Waals surface area contributed by atoms with Crippen LogP contribution < -0.4 is 4.90 Å². The molecule has 3 amide bonds. The predicted molar refractivity (Wildman–Crippen MR) is 102 cm³/mol. The first kappa shape index (κ1) is 16.6. The fourth-order valence-corrected chi connectivity index (χ4v) is 3.69.